The van der Waals surface area contributed by atoms with Crippen LogP contribution < -0.4 is 15.8 Å². The molecule has 1 unspecified atom stereocenters. The van der Waals surface area contributed by atoms with Gasteiger partial charge in [0.1, 0.15) is 0 Å². The fourth-order valence-corrected chi connectivity index (χ4v) is 2.78. The monoisotopic (exact) mass is 266 g/mol. The van der Waals surface area contributed by atoms with Gasteiger partial charge in [0, 0.05) is 18.2 Å². The maximum atomic E-state index is 13.6. The largest absolute Gasteiger partial charge is 0.491 e. The van der Waals surface area contributed by atoms with Crippen molar-refractivity contribution in [1.82, 2.24) is 0 Å². The third-order valence-corrected chi connectivity index (χ3v) is 3.89. The molecule has 4 heteroatoms. The second kappa shape index (κ2) is 6.13. The fourth-order valence-electron chi connectivity index (χ4n) is 2.78. The molecule has 0 saturated heterocycles. The first kappa shape index (κ1) is 14.0. The molecule has 0 amide bonds. The molecule has 1 fully saturated rings. The van der Waals surface area contributed by atoms with Crippen molar-refractivity contribution < 1.29 is 9.13 Å². The maximum Gasteiger partial charge on any atom is 0.167 e. The van der Waals surface area contributed by atoms with Crippen LogP contribution in [0.25, 0.3) is 0 Å². The van der Waals surface area contributed by atoms with E-state index in [1.807, 2.05) is 6.92 Å². The Hall–Kier alpha value is -1.45. The van der Waals surface area contributed by atoms with Crippen molar-refractivity contribution in [2.45, 2.75) is 45.6 Å². The molecule has 19 heavy (non-hydrogen) atoms. The molecule has 1 aliphatic rings. The van der Waals surface area contributed by atoms with E-state index in [-0.39, 0.29) is 5.75 Å². The molecule has 0 radical (unpaired) electrons. The van der Waals surface area contributed by atoms with E-state index in [1.165, 1.54) is 31.7 Å². The third kappa shape index (κ3) is 3.31. The highest BCUT2D eigenvalue weighted by molar-refractivity contribution is 5.69. The van der Waals surface area contributed by atoms with Crippen LogP contribution in [0.15, 0.2) is 12.1 Å². The zero-order valence-electron chi connectivity index (χ0n) is 11.7. The van der Waals surface area contributed by atoms with Gasteiger partial charge in [-0.25, -0.2) is 4.39 Å². The van der Waals surface area contributed by atoms with Crippen molar-refractivity contribution in [1.29, 1.82) is 0 Å². The number of nitrogen functional groups attached to an aromatic ring is 1. The van der Waals surface area contributed by atoms with Crippen molar-refractivity contribution >= 4 is 11.4 Å². The Morgan fingerprint density at radius 3 is 2.74 bits per heavy atom. The molecule has 1 aromatic carbocycles. The predicted molar refractivity (Wildman–Crippen MR) is 77.0 cm³/mol. The Morgan fingerprint density at radius 1 is 1.42 bits per heavy atom. The third-order valence-electron chi connectivity index (χ3n) is 3.89. The molecule has 0 heterocycles. The van der Waals surface area contributed by atoms with Crippen LogP contribution in [0.4, 0.5) is 15.8 Å². The van der Waals surface area contributed by atoms with E-state index in [0.29, 0.717) is 24.3 Å². The lowest BCUT2D eigenvalue weighted by atomic mass is 9.99. The molecule has 1 atom stereocenters. The van der Waals surface area contributed by atoms with Crippen molar-refractivity contribution in [2.24, 2.45) is 5.92 Å². The molecule has 1 saturated carbocycles. The van der Waals surface area contributed by atoms with Crippen LogP contribution in [0.2, 0.25) is 0 Å². The Balaban J connectivity index is 2.12. The molecule has 2 rings (SSSR count). The second-order valence-corrected chi connectivity index (χ2v) is 5.28. The van der Waals surface area contributed by atoms with Crippen LogP contribution in [0.3, 0.4) is 0 Å². The summed E-state index contributed by atoms with van der Waals surface area (Å²) in [4.78, 5) is 0. The standard InChI is InChI=1S/C15H23FN2O/c1-3-19-15-9-14(13(17)8-12(15)16)18-10(2)11-6-4-5-7-11/h8-11,18H,3-7,17H2,1-2H3. The molecule has 0 aromatic heterocycles. The van der Waals surface area contributed by atoms with Gasteiger partial charge in [0.05, 0.1) is 18.0 Å². The predicted octanol–water partition coefficient (Wildman–Crippen LogP) is 3.80. The van der Waals surface area contributed by atoms with Crippen LogP contribution in [0.1, 0.15) is 39.5 Å². The Labute approximate surface area is 114 Å². The number of nitrogens with one attached hydrogen (secondary N) is 1. The summed E-state index contributed by atoms with van der Waals surface area (Å²) in [5, 5.41) is 3.41. The number of anilines is 2. The van der Waals surface area contributed by atoms with Gasteiger partial charge in [0.15, 0.2) is 11.6 Å². The SMILES string of the molecule is CCOc1cc(NC(C)C2CCCC2)c(N)cc1F. The number of halogens is 1. The molecule has 1 aliphatic carbocycles. The number of ether oxygens (including phenoxy) is 1. The topological polar surface area (TPSA) is 47.3 Å². The summed E-state index contributed by atoms with van der Waals surface area (Å²) in [5.41, 5.74) is 7.08. The number of nitrogens with two attached hydrogens (primary N) is 1. The van der Waals surface area contributed by atoms with E-state index < -0.39 is 5.82 Å². The lowest BCUT2D eigenvalue weighted by Gasteiger charge is -2.23. The number of hydrogen-bond donors (Lipinski definition) is 2. The highest BCUT2D eigenvalue weighted by Crippen LogP contribution is 2.33. The smallest absolute Gasteiger partial charge is 0.167 e. The van der Waals surface area contributed by atoms with Crippen LogP contribution >= 0.6 is 0 Å². The average molecular weight is 266 g/mol. The minimum absolute atomic E-state index is 0.262. The van der Waals surface area contributed by atoms with Crippen LogP contribution in [-0.4, -0.2) is 12.6 Å². The zero-order valence-corrected chi connectivity index (χ0v) is 11.7. The first-order chi connectivity index (χ1) is 9.11. The lowest BCUT2D eigenvalue weighted by Crippen LogP contribution is -2.24. The van der Waals surface area contributed by atoms with Gasteiger partial charge in [-0.3, -0.25) is 0 Å². The lowest BCUT2D eigenvalue weighted by molar-refractivity contribution is 0.322. The second-order valence-electron chi connectivity index (χ2n) is 5.28. The van der Waals surface area contributed by atoms with Gasteiger partial charge in [0.25, 0.3) is 0 Å². The summed E-state index contributed by atoms with van der Waals surface area (Å²) in [6.45, 7) is 4.45. The van der Waals surface area contributed by atoms with E-state index in [1.54, 1.807) is 6.07 Å². The summed E-state index contributed by atoms with van der Waals surface area (Å²) < 4.78 is 18.9. The maximum absolute atomic E-state index is 13.6. The van der Waals surface area contributed by atoms with Crippen LogP contribution in [0.5, 0.6) is 5.75 Å². The van der Waals surface area contributed by atoms with E-state index in [4.69, 9.17) is 10.5 Å². The Kier molecular flexibility index (Phi) is 4.51. The van der Waals surface area contributed by atoms with Gasteiger partial charge in [-0.15, -0.1) is 0 Å². The fraction of sp³-hybridized carbons (Fsp3) is 0.600. The summed E-state index contributed by atoms with van der Waals surface area (Å²) in [7, 11) is 0. The summed E-state index contributed by atoms with van der Waals surface area (Å²) in [5.74, 6) is 0.538. The van der Waals surface area contributed by atoms with Gasteiger partial charge in [-0.05, 0) is 32.6 Å². The quantitative estimate of drug-likeness (QED) is 0.797. The summed E-state index contributed by atoms with van der Waals surface area (Å²) >= 11 is 0. The zero-order chi connectivity index (χ0) is 13.8. The molecular formula is C15H23FN2O. The van der Waals surface area contributed by atoms with Gasteiger partial charge < -0.3 is 15.8 Å². The first-order valence-electron chi connectivity index (χ1n) is 7.10. The average Bonchev–Trinajstić information content (AvgIpc) is 2.89. The minimum atomic E-state index is -0.404. The van der Waals surface area contributed by atoms with Gasteiger partial charge in [-0.1, -0.05) is 12.8 Å². The van der Waals surface area contributed by atoms with Crippen LogP contribution in [-0.2, 0) is 0 Å². The molecular weight excluding hydrogens is 243 g/mol. The van der Waals surface area contributed by atoms with E-state index in [9.17, 15) is 4.39 Å². The van der Waals surface area contributed by atoms with Crippen molar-refractivity contribution in [3.8, 4) is 5.75 Å². The summed E-state index contributed by atoms with van der Waals surface area (Å²) in [6.07, 6.45) is 5.13. The number of rotatable bonds is 5. The molecule has 1 aromatic rings. The van der Waals surface area contributed by atoms with Crippen molar-refractivity contribution in [3.63, 3.8) is 0 Å². The Morgan fingerprint density at radius 2 is 2.11 bits per heavy atom. The molecule has 3 nitrogen and oxygen atoms in total. The van der Waals surface area contributed by atoms with Crippen molar-refractivity contribution in [2.75, 3.05) is 17.7 Å². The van der Waals surface area contributed by atoms with Gasteiger partial charge in [0.2, 0.25) is 0 Å². The molecule has 0 aliphatic heterocycles. The van der Waals surface area contributed by atoms with E-state index >= 15 is 0 Å². The molecule has 3 N–H and O–H groups in total. The van der Waals surface area contributed by atoms with Crippen LogP contribution in [0, 0.1) is 11.7 Å². The van der Waals surface area contributed by atoms with Gasteiger partial charge >= 0.3 is 0 Å². The normalized spacial score (nSPS) is 17.4. The number of hydrogen-bond acceptors (Lipinski definition) is 3. The van der Waals surface area contributed by atoms with Crippen molar-refractivity contribution in [3.05, 3.63) is 17.9 Å². The highest BCUT2D eigenvalue weighted by Gasteiger charge is 2.22. The molecule has 0 bridgehead atoms. The Bertz CT molecular complexity index is 430. The first-order valence-corrected chi connectivity index (χ1v) is 7.10. The van der Waals surface area contributed by atoms with E-state index in [0.717, 1.165) is 5.69 Å². The van der Waals surface area contributed by atoms with E-state index in [2.05, 4.69) is 12.2 Å². The highest BCUT2D eigenvalue weighted by atomic mass is 19.1. The van der Waals surface area contributed by atoms with Gasteiger partial charge in [-0.2, -0.15) is 0 Å². The number of benzene rings is 1. The molecule has 106 valence electrons. The molecule has 0 spiro atoms. The minimum Gasteiger partial charge on any atom is -0.491 e. The summed E-state index contributed by atoms with van der Waals surface area (Å²) in [6, 6.07) is 3.35.